The van der Waals surface area contributed by atoms with Gasteiger partial charge in [-0.3, -0.25) is 9.36 Å². The largest absolute Gasteiger partial charge is 0.352 e. The molecule has 0 radical (unpaired) electrons. The zero-order chi connectivity index (χ0) is 12.9. The molecule has 1 unspecified atom stereocenters. The average molecular weight is 255 g/mol. The lowest BCUT2D eigenvalue weighted by Crippen LogP contribution is -2.23. The maximum atomic E-state index is 12.3. The fraction of sp³-hybridized carbons (Fsp3) is 0.417. The number of carbonyl (C=O) groups is 1. The summed E-state index contributed by atoms with van der Waals surface area (Å²) in [5, 5.41) is 3.38. The summed E-state index contributed by atoms with van der Waals surface area (Å²) in [4.78, 5) is 10.9. The minimum absolute atomic E-state index is 0.109. The molecule has 0 fully saturated rings. The van der Waals surface area contributed by atoms with E-state index in [1.807, 2.05) is 25.1 Å². The van der Waals surface area contributed by atoms with Gasteiger partial charge in [-0.2, -0.15) is 0 Å². The van der Waals surface area contributed by atoms with E-state index in [0.717, 1.165) is 5.56 Å². The quantitative estimate of drug-likeness (QED) is 0.817. The molecule has 0 heterocycles. The Morgan fingerprint density at radius 1 is 1.41 bits per heavy atom. The SMILES string of the molecule is CCOP(C)(=O)c1ccccc1CNC(C)=O. The number of rotatable bonds is 5. The first-order valence-corrected chi connectivity index (χ1v) is 7.59. The Morgan fingerprint density at radius 2 is 2.06 bits per heavy atom. The lowest BCUT2D eigenvalue weighted by atomic mass is 10.2. The third-order valence-electron chi connectivity index (χ3n) is 2.33. The van der Waals surface area contributed by atoms with Gasteiger partial charge >= 0.3 is 0 Å². The number of nitrogens with one attached hydrogen (secondary N) is 1. The zero-order valence-electron chi connectivity index (χ0n) is 10.4. The van der Waals surface area contributed by atoms with Gasteiger partial charge in [0.1, 0.15) is 0 Å². The molecule has 1 amide bonds. The second kappa shape index (κ2) is 5.99. The van der Waals surface area contributed by atoms with Crippen LogP contribution in [0.1, 0.15) is 19.4 Å². The van der Waals surface area contributed by atoms with Gasteiger partial charge in [-0.15, -0.1) is 0 Å². The molecule has 1 aromatic rings. The second-order valence-corrected chi connectivity index (χ2v) is 6.23. The van der Waals surface area contributed by atoms with Crippen molar-refractivity contribution in [2.24, 2.45) is 0 Å². The summed E-state index contributed by atoms with van der Waals surface area (Å²) in [5.41, 5.74) is 0.835. The van der Waals surface area contributed by atoms with Crippen LogP contribution in [0.25, 0.3) is 0 Å². The third-order valence-corrected chi connectivity index (χ3v) is 4.39. The normalized spacial score (nSPS) is 14.1. The second-order valence-electron chi connectivity index (χ2n) is 3.80. The number of benzene rings is 1. The summed E-state index contributed by atoms with van der Waals surface area (Å²) < 4.78 is 17.7. The van der Waals surface area contributed by atoms with E-state index in [-0.39, 0.29) is 5.91 Å². The predicted molar refractivity (Wildman–Crippen MR) is 68.8 cm³/mol. The molecule has 0 aliphatic rings. The van der Waals surface area contributed by atoms with Crippen molar-refractivity contribution in [1.29, 1.82) is 0 Å². The lowest BCUT2D eigenvalue weighted by Gasteiger charge is -2.17. The Balaban J connectivity index is 2.99. The van der Waals surface area contributed by atoms with Crippen LogP contribution in [0, 0.1) is 0 Å². The Hall–Kier alpha value is -1.12. The van der Waals surface area contributed by atoms with Crippen LogP contribution in [0.15, 0.2) is 24.3 Å². The van der Waals surface area contributed by atoms with Crippen molar-refractivity contribution < 1.29 is 13.9 Å². The maximum Gasteiger partial charge on any atom is 0.229 e. The van der Waals surface area contributed by atoms with E-state index in [4.69, 9.17) is 4.52 Å². The molecule has 0 saturated heterocycles. The van der Waals surface area contributed by atoms with Crippen LogP contribution in [0.2, 0.25) is 0 Å². The lowest BCUT2D eigenvalue weighted by molar-refractivity contribution is -0.119. The van der Waals surface area contributed by atoms with E-state index in [1.165, 1.54) is 6.92 Å². The standard InChI is InChI=1S/C12H18NO3P/c1-4-16-17(3,15)12-8-6-5-7-11(12)9-13-10(2)14/h5-8H,4,9H2,1-3H3,(H,13,14). The van der Waals surface area contributed by atoms with Gasteiger partial charge in [0.2, 0.25) is 13.3 Å². The van der Waals surface area contributed by atoms with Crippen LogP contribution in [0.5, 0.6) is 0 Å². The number of hydrogen-bond donors (Lipinski definition) is 1. The van der Waals surface area contributed by atoms with Gasteiger partial charge in [0, 0.05) is 25.4 Å². The molecular weight excluding hydrogens is 237 g/mol. The van der Waals surface area contributed by atoms with Gasteiger partial charge in [0.25, 0.3) is 0 Å². The van der Waals surface area contributed by atoms with E-state index in [2.05, 4.69) is 5.32 Å². The van der Waals surface area contributed by atoms with Crippen molar-refractivity contribution in [3.05, 3.63) is 29.8 Å². The van der Waals surface area contributed by atoms with E-state index < -0.39 is 7.37 Å². The molecule has 1 aromatic carbocycles. The number of carbonyl (C=O) groups excluding carboxylic acids is 1. The summed E-state index contributed by atoms with van der Waals surface area (Å²) in [6, 6.07) is 7.31. The van der Waals surface area contributed by atoms with Gasteiger partial charge in [-0.1, -0.05) is 18.2 Å². The zero-order valence-corrected chi connectivity index (χ0v) is 11.3. The first-order valence-electron chi connectivity index (χ1n) is 5.52. The van der Waals surface area contributed by atoms with Crippen molar-refractivity contribution in [2.45, 2.75) is 20.4 Å². The summed E-state index contributed by atoms with van der Waals surface area (Å²) in [7, 11) is -2.79. The van der Waals surface area contributed by atoms with Crippen LogP contribution in [-0.4, -0.2) is 19.2 Å². The van der Waals surface area contributed by atoms with Crippen molar-refractivity contribution in [3.8, 4) is 0 Å². The monoisotopic (exact) mass is 255 g/mol. The topological polar surface area (TPSA) is 55.4 Å². The maximum absolute atomic E-state index is 12.3. The molecule has 5 heteroatoms. The Labute approximate surface area is 102 Å². The first kappa shape index (κ1) is 13.9. The van der Waals surface area contributed by atoms with E-state index in [9.17, 15) is 9.36 Å². The molecule has 17 heavy (non-hydrogen) atoms. The average Bonchev–Trinajstić information content (AvgIpc) is 2.26. The summed E-state index contributed by atoms with van der Waals surface area (Å²) in [6.07, 6.45) is 0. The molecule has 1 atom stereocenters. The summed E-state index contributed by atoms with van der Waals surface area (Å²) >= 11 is 0. The Kier molecular flexibility index (Phi) is 4.91. The highest BCUT2D eigenvalue weighted by molar-refractivity contribution is 7.66. The molecule has 0 saturated carbocycles. The highest BCUT2D eigenvalue weighted by atomic mass is 31.2. The molecule has 94 valence electrons. The molecule has 4 nitrogen and oxygen atoms in total. The van der Waals surface area contributed by atoms with Crippen LogP contribution in [-0.2, 0) is 20.4 Å². The van der Waals surface area contributed by atoms with Crippen molar-refractivity contribution in [2.75, 3.05) is 13.3 Å². The molecule has 1 N–H and O–H groups in total. The van der Waals surface area contributed by atoms with Crippen molar-refractivity contribution >= 4 is 18.6 Å². The van der Waals surface area contributed by atoms with Crippen molar-refractivity contribution in [3.63, 3.8) is 0 Å². The van der Waals surface area contributed by atoms with Crippen LogP contribution in [0.4, 0.5) is 0 Å². The summed E-state index contributed by atoms with van der Waals surface area (Å²) in [6.45, 7) is 5.64. The van der Waals surface area contributed by atoms with Gasteiger partial charge in [-0.25, -0.2) is 0 Å². The fourth-order valence-corrected chi connectivity index (χ4v) is 3.26. The van der Waals surface area contributed by atoms with Gasteiger partial charge in [-0.05, 0) is 18.6 Å². The smallest absolute Gasteiger partial charge is 0.229 e. The van der Waals surface area contributed by atoms with Gasteiger partial charge in [0.05, 0.1) is 6.61 Å². The molecule has 0 bridgehead atoms. The summed E-state index contributed by atoms with van der Waals surface area (Å²) in [5.74, 6) is -0.109. The Morgan fingerprint density at radius 3 is 2.65 bits per heavy atom. The van der Waals surface area contributed by atoms with Crippen molar-refractivity contribution in [1.82, 2.24) is 5.32 Å². The van der Waals surface area contributed by atoms with E-state index in [0.29, 0.717) is 18.5 Å². The molecule has 0 aliphatic heterocycles. The van der Waals surface area contributed by atoms with Crippen LogP contribution >= 0.6 is 7.37 Å². The van der Waals surface area contributed by atoms with Crippen LogP contribution in [0.3, 0.4) is 0 Å². The minimum atomic E-state index is -2.79. The molecule has 1 rings (SSSR count). The van der Waals surface area contributed by atoms with Gasteiger partial charge < -0.3 is 9.84 Å². The minimum Gasteiger partial charge on any atom is -0.352 e. The van der Waals surface area contributed by atoms with E-state index >= 15 is 0 Å². The highest BCUT2D eigenvalue weighted by Crippen LogP contribution is 2.41. The number of hydrogen-bond acceptors (Lipinski definition) is 3. The fourth-order valence-electron chi connectivity index (χ4n) is 1.59. The third kappa shape index (κ3) is 3.99. The molecular formula is C12H18NO3P. The first-order chi connectivity index (χ1) is 7.97. The highest BCUT2D eigenvalue weighted by Gasteiger charge is 2.21. The molecule has 0 aliphatic carbocycles. The van der Waals surface area contributed by atoms with Crippen LogP contribution < -0.4 is 10.6 Å². The molecule has 0 aromatic heterocycles. The number of amides is 1. The van der Waals surface area contributed by atoms with Gasteiger partial charge in [0.15, 0.2) is 0 Å². The Bertz CT molecular complexity index is 445. The molecule has 0 spiro atoms. The van der Waals surface area contributed by atoms with E-state index in [1.54, 1.807) is 12.7 Å². The predicted octanol–water partition coefficient (Wildman–Crippen LogP) is 1.89.